The maximum absolute atomic E-state index is 5.38. The van der Waals surface area contributed by atoms with Crippen molar-refractivity contribution in [2.24, 2.45) is 0 Å². The van der Waals surface area contributed by atoms with E-state index in [4.69, 9.17) is 4.52 Å². The van der Waals surface area contributed by atoms with Crippen molar-refractivity contribution < 1.29 is 4.52 Å². The van der Waals surface area contributed by atoms with Gasteiger partial charge in [-0.15, -0.1) is 11.3 Å². The van der Waals surface area contributed by atoms with Gasteiger partial charge >= 0.3 is 0 Å². The second kappa shape index (κ2) is 4.57. The van der Waals surface area contributed by atoms with Crippen LogP contribution in [0.15, 0.2) is 46.4 Å². The second-order valence-electron chi connectivity index (χ2n) is 4.41. The monoisotopic (exact) mass is 282 g/mol. The smallest absolute Gasteiger partial charge is 0.258 e. The zero-order valence-corrected chi connectivity index (χ0v) is 11.2. The summed E-state index contributed by atoms with van der Waals surface area (Å²) in [6.07, 6.45) is 2.47. The number of rotatable bonds is 3. The minimum absolute atomic E-state index is 0.531. The molecule has 0 bridgehead atoms. The van der Waals surface area contributed by atoms with Crippen LogP contribution in [0.25, 0.3) is 22.4 Å². The summed E-state index contributed by atoms with van der Waals surface area (Å²) in [7, 11) is 0. The number of aromatic amines is 1. The van der Waals surface area contributed by atoms with Crippen molar-refractivity contribution in [1.82, 2.24) is 20.3 Å². The predicted octanol–water partition coefficient (Wildman–Crippen LogP) is 3.27. The number of nitrogens with one attached hydrogen (secondary N) is 1. The molecule has 0 spiro atoms. The van der Waals surface area contributed by atoms with Crippen LogP contribution in [0.1, 0.15) is 10.7 Å². The Labute approximate surface area is 118 Å². The molecule has 6 heteroatoms. The van der Waals surface area contributed by atoms with Crippen LogP contribution in [0.5, 0.6) is 0 Å². The molecule has 0 saturated heterocycles. The molecule has 3 heterocycles. The molecular formula is C14H10N4OS. The third-order valence-corrected chi connectivity index (χ3v) is 3.97. The number of fused-ring (bicyclic) bond motifs is 1. The fraction of sp³-hybridized carbons (Fsp3) is 0.0714. The lowest BCUT2D eigenvalue weighted by Crippen LogP contribution is -1.87. The van der Waals surface area contributed by atoms with Crippen molar-refractivity contribution >= 4 is 22.2 Å². The van der Waals surface area contributed by atoms with Gasteiger partial charge in [-0.3, -0.25) is 5.10 Å². The van der Waals surface area contributed by atoms with Gasteiger partial charge < -0.3 is 4.52 Å². The van der Waals surface area contributed by atoms with E-state index in [1.165, 1.54) is 4.88 Å². The lowest BCUT2D eigenvalue weighted by molar-refractivity contribution is 0.424. The van der Waals surface area contributed by atoms with Crippen molar-refractivity contribution in [3.8, 4) is 11.5 Å². The fourth-order valence-electron chi connectivity index (χ4n) is 2.16. The van der Waals surface area contributed by atoms with Gasteiger partial charge in [0, 0.05) is 16.7 Å². The van der Waals surface area contributed by atoms with Gasteiger partial charge in [0.05, 0.1) is 17.3 Å². The predicted molar refractivity (Wildman–Crippen MR) is 76.5 cm³/mol. The molecule has 0 fully saturated rings. The summed E-state index contributed by atoms with van der Waals surface area (Å²) < 4.78 is 5.38. The Kier molecular flexibility index (Phi) is 2.60. The molecule has 0 unspecified atom stereocenters. The van der Waals surface area contributed by atoms with Crippen LogP contribution in [0.3, 0.4) is 0 Å². The average molecular weight is 282 g/mol. The summed E-state index contributed by atoms with van der Waals surface area (Å²) in [6.45, 7) is 0. The van der Waals surface area contributed by atoms with Gasteiger partial charge in [-0.05, 0) is 23.6 Å². The van der Waals surface area contributed by atoms with Crippen LogP contribution in [-0.2, 0) is 6.42 Å². The molecule has 0 aliphatic heterocycles. The second-order valence-corrected chi connectivity index (χ2v) is 5.44. The number of hydrogen-bond acceptors (Lipinski definition) is 5. The lowest BCUT2D eigenvalue weighted by atomic mass is 10.1. The molecule has 0 aliphatic rings. The molecule has 1 aromatic carbocycles. The fourth-order valence-corrected chi connectivity index (χ4v) is 2.86. The first-order chi connectivity index (χ1) is 9.90. The van der Waals surface area contributed by atoms with E-state index in [9.17, 15) is 0 Å². The summed E-state index contributed by atoms with van der Waals surface area (Å²) >= 11 is 1.69. The number of benzene rings is 1. The molecule has 20 heavy (non-hydrogen) atoms. The highest BCUT2D eigenvalue weighted by Crippen LogP contribution is 2.26. The van der Waals surface area contributed by atoms with E-state index >= 15 is 0 Å². The van der Waals surface area contributed by atoms with Gasteiger partial charge in [0.1, 0.15) is 0 Å². The van der Waals surface area contributed by atoms with E-state index in [0.29, 0.717) is 18.1 Å². The highest BCUT2D eigenvalue weighted by atomic mass is 32.1. The lowest BCUT2D eigenvalue weighted by Gasteiger charge is -1.95. The Bertz CT molecular complexity index is 847. The van der Waals surface area contributed by atoms with E-state index in [1.54, 1.807) is 17.5 Å². The van der Waals surface area contributed by atoms with E-state index in [0.717, 1.165) is 16.5 Å². The van der Waals surface area contributed by atoms with Crippen LogP contribution in [0.2, 0.25) is 0 Å². The zero-order valence-electron chi connectivity index (χ0n) is 10.4. The molecule has 4 rings (SSSR count). The SMILES string of the molecule is c1csc(Cc2noc(-c3cccc4[nH]ncc34)n2)c1. The molecule has 5 nitrogen and oxygen atoms in total. The minimum Gasteiger partial charge on any atom is -0.334 e. The molecule has 0 saturated carbocycles. The van der Waals surface area contributed by atoms with Crippen LogP contribution in [0.4, 0.5) is 0 Å². The first-order valence-electron chi connectivity index (χ1n) is 6.17. The Balaban J connectivity index is 1.72. The molecule has 1 N–H and O–H groups in total. The van der Waals surface area contributed by atoms with Crippen LogP contribution >= 0.6 is 11.3 Å². The van der Waals surface area contributed by atoms with Crippen LogP contribution < -0.4 is 0 Å². The third kappa shape index (κ3) is 1.90. The highest BCUT2D eigenvalue weighted by molar-refractivity contribution is 7.09. The minimum atomic E-state index is 0.531. The number of hydrogen-bond donors (Lipinski definition) is 1. The first kappa shape index (κ1) is 11.4. The molecule has 98 valence electrons. The molecule has 0 atom stereocenters. The van der Waals surface area contributed by atoms with Crippen LogP contribution in [-0.4, -0.2) is 20.3 Å². The van der Waals surface area contributed by atoms with Crippen molar-refractivity contribution in [3.05, 3.63) is 52.6 Å². The van der Waals surface area contributed by atoms with Gasteiger partial charge in [-0.2, -0.15) is 10.1 Å². The maximum atomic E-state index is 5.38. The standard InChI is InChI=1S/C14H10N4OS/c1-4-10(11-8-15-17-12(11)5-1)14-16-13(18-19-14)7-9-3-2-6-20-9/h1-6,8H,7H2,(H,15,17). The van der Waals surface area contributed by atoms with Crippen molar-refractivity contribution in [2.45, 2.75) is 6.42 Å². The van der Waals surface area contributed by atoms with Crippen LogP contribution in [0, 0.1) is 0 Å². The van der Waals surface area contributed by atoms with Crippen molar-refractivity contribution in [1.29, 1.82) is 0 Å². The summed E-state index contributed by atoms with van der Waals surface area (Å²) in [5.74, 6) is 1.23. The quantitative estimate of drug-likeness (QED) is 0.626. The zero-order chi connectivity index (χ0) is 13.4. The molecule has 4 aromatic rings. The number of nitrogens with zero attached hydrogens (tertiary/aromatic N) is 3. The number of thiophene rings is 1. The van der Waals surface area contributed by atoms with Crippen molar-refractivity contribution in [3.63, 3.8) is 0 Å². The number of H-pyrrole nitrogens is 1. The Morgan fingerprint density at radius 2 is 2.20 bits per heavy atom. The van der Waals surface area contributed by atoms with Crippen molar-refractivity contribution in [2.75, 3.05) is 0 Å². The molecular weight excluding hydrogens is 272 g/mol. The largest absolute Gasteiger partial charge is 0.334 e. The molecule has 0 aliphatic carbocycles. The van der Waals surface area contributed by atoms with E-state index in [2.05, 4.69) is 26.4 Å². The van der Waals surface area contributed by atoms with Gasteiger partial charge in [0.25, 0.3) is 5.89 Å². The molecule has 0 radical (unpaired) electrons. The maximum Gasteiger partial charge on any atom is 0.258 e. The summed E-state index contributed by atoms with van der Waals surface area (Å²) in [4.78, 5) is 5.69. The third-order valence-electron chi connectivity index (χ3n) is 3.10. The summed E-state index contributed by atoms with van der Waals surface area (Å²) in [6, 6.07) is 9.96. The summed E-state index contributed by atoms with van der Waals surface area (Å²) in [5.41, 5.74) is 1.86. The van der Waals surface area contributed by atoms with E-state index in [-0.39, 0.29) is 0 Å². The molecule has 0 amide bonds. The summed E-state index contributed by atoms with van der Waals surface area (Å²) in [5, 5.41) is 14.1. The van der Waals surface area contributed by atoms with E-state index < -0.39 is 0 Å². The normalized spacial score (nSPS) is 11.2. The first-order valence-corrected chi connectivity index (χ1v) is 7.05. The van der Waals surface area contributed by atoms with E-state index in [1.807, 2.05) is 29.6 Å². The Morgan fingerprint density at radius 3 is 3.10 bits per heavy atom. The average Bonchev–Trinajstić information content (AvgIpc) is 3.19. The van der Waals surface area contributed by atoms with Gasteiger partial charge in [0.2, 0.25) is 0 Å². The van der Waals surface area contributed by atoms with Gasteiger partial charge in [-0.1, -0.05) is 17.3 Å². The molecule has 3 aromatic heterocycles. The van der Waals surface area contributed by atoms with Gasteiger partial charge in [-0.25, -0.2) is 0 Å². The van der Waals surface area contributed by atoms with Gasteiger partial charge in [0.15, 0.2) is 5.82 Å². The Hall–Kier alpha value is -2.47. The Morgan fingerprint density at radius 1 is 1.20 bits per heavy atom. The topological polar surface area (TPSA) is 67.6 Å². The number of aromatic nitrogens is 4. The highest BCUT2D eigenvalue weighted by Gasteiger charge is 2.13.